The first-order valence-electron chi connectivity index (χ1n) is 10.6. The van der Waals surface area contributed by atoms with E-state index in [2.05, 4.69) is 6.92 Å². The van der Waals surface area contributed by atoms with Crippen LogP contribution < -0.4 is 0 Å². The van der Waals surface area contributed by atoms with Crippen LogP contribution in [0.3, 0.4) is 0 Å². The van der Waals surface area contributed by atoms with Crippen molar-refractivity contribution in [3.63, 3.8) is 0 Å². The summed E-state index contributed by atoms with van der Waals surface area (Å²) in [6, 6.07) is 9.46. The maximum absolute atomic E-state index is 12.9. The molecule has 9 heteroatoms. The molecular weight excluding hydrogens is 418 g/mol. The molecule has 31 heavy (non-hydrogen) atoms. The maximum atomic E-state index is 12.9. The van der Waals surface area contributed by atoms with E-state index in [1.54, 1.807) is 34.1 Å². The number of carbonyl (C=O) groups excluding carboxylic acids is 2. The smallest absolute Gasteiger partial charge is 0.289 e. The summed E-state index contributed by atoms with van der Waals surface area (Å²) in [6.07, 6.45) is 3.37. The van der Waals surface area contributed by atoms with Crippen molar-refractivity contribution < 1.29 is 22.4 Å². The lowest BCUT2D eigenvalue weighted by atomic mass is 10.0. The molecule has 166 valence electrons. The number of furan rings is 1. The number of amides is 2. The molecule has 1 aromatic carbocycles. The van der Waals surface area contributed by atoms with Crippen LogP contribution in [0, 0.1) is 5.92 Å². The van der Waals surface area contributed by atoms with Gasteiger partial charge in [-0.3, -0.25) is 9.59 Å². The number of rotatable bonds is 4. The van der Waals surface area contributed by atoms with Crippen LogP contribution in [-0.2, 0) is 10.0 Å². The van der Waals surface area contributed by atoms with Crippen LogP contribution in [0.4, 0.5) is 0 Å². The van der Waals surface area contributed by atoms with Crippen molar-refractivity contribution in [3.8, 4) is 0 Å². The third-order valence-electron chi connectivity index (χ3n) is 5.94. The minimum absolute atomic E-state index is 0.166. The van der Waals surface area contributed by atoms with E-state index in [1.807, 2.05) is 0 Å². The van der Waals surface area contributed by atoms with Crippen LogP contribution >= 0.6 is 0 Å². The van der Waals surface area contributed by atoms with Gasteiger partial charge in [-0.25, -0.2) is 8.42 Å². The Morgan fingerprint density at radius 1 is 0.935 bits per heavy atom. The molecule has 2 aliphatic heterocycles. The molecule has 4 rings (SSSR count). The van der Waals surface area contributed by atoms with Gasteiger partial charge in [-0.05, 0) is 55.2 Å². The van der Waals surface area contributed by atoms with Gasteiger partial charge in [-0.15, -0.1) is 0 Å². The zero-order valence-corrected chi connectivity index (χ0v) is 18.4. The number of piperazine rings is 1. The predicted molar refractivity (Wildman–Crippen MR) is 114 cm³/mol. The Morgan fingerprint density at radius 3 is 2.16 bits per heavy atom. The Bertz CT molecular complexity index is 1030. The summed E-state index contributed by atoms with van der Waals surface area (Å²) in [5.74, 6) is 0.293. The number of nitrogens with zero attached hydrogens (tertiary/aromatic N) is 3. The van der Waals surface area contributed by atoms with E-state index in [9.17, 15) is 18.0 Å². The molecule has 0 radical (unpaired) electrons. The van der Waals surface area contributed by atoms with Crippen molar-refractivity contribution in [3.05, 3.63) is 54.0 Å². The molecule has 2 saturated heterocycles. The van der Waals surface area contributed by atoms with Crippen LogP contribution in [0.2, 0.25) is 0 Å². The highest BCUT2D eigenvalue weighted by atomic mass is 32.2. The first-order chi connectivity index (χ1) is 14.9. The summed E-state index contributed by atoms with van der Waals surface area (Å²) in [6.45, 7) is 4.80. The molecule has 0 aliphatic carbocycles. The van der Waals surface area contributed by atoms with Crippen molar-refractivity contribution in [1.82, 2.24) is 14.1 Å². The van der Waals surface area contributed by atoms with E-state index >= 15 is 0 Å². The van der Waals surface area contributed by atoms with Crippen molar-refractivity contribution in [2.45, 2.75) is 24.7 Å². The second kappa shape index (κ2) is 8.84. The molecule has 0 N–H and O–H groups in total. The molecule has 0 saturated carbocycles. The van der Waals surface area contributed by atoms with Crippen LogP contribution in [0.15, 0.2) is 52.0 Å². The van der Waals surface area contributed by atoms with Crippen molar-refractivity contribution in [2.24, 2.45) is 5.92 Å². The summed E-state index contributed by atoms with van der Waals surface area (Å²) in [5, 5.41) is 0. The number of sulfonamides is 1. The van der Waals surface area contributed by atoms with E-state index in [-0.39, 0.29) is 16.7 Å². The summed E-state index contributed by atoms with van der Waals surface area (Å²) >= 11 is 0. The van der Waals surface area contributed by atoms with Gasteiger partial charge in [0.15, 0.2) is 5.76 Å². The Kier molecular flexibility index (Phi) is 6.15. The largest absolute Gasteiger partial charge is 0.459 e. The molecule has 1 atom stereocenters. The lowest BCUT2D eigenvalue weighted by Gasteiger charge is -2.34. The Morgan fingerprint density at radius 2 is 1.58 bits per heavy atom. The zero-order valence-electron chi connectivity index (χ0n) is 17.6. The normalized spacial score (nSPS) is 20.6. The first kappa shape index (κ1) is 21.6. The van der Waals surface area contributed by atoms with Gasteiger partial charge < -0.3 is 14.2 Å². The van der Waals surface area contributed by atoms with E-state index in [0.717, 1.165) is 12.8 Å². The van der Waals surface area contributed by atoms with Gasteiger partial charge in [-0.1, -0.05) is 6.92 Å². The highest BCUT2D eigenvalue weighted by Gasteiger charge is 2.30. The van der Waals surface area contributed by atoms with Crippen LogP contribution in [-0.4, -0.2) is 73.6 Å². The minimum atomic E-state index is -3.55. The standard InChI is InChI=1S/C22H27N3O5S/c1-17-4-2-10-25(16-17)31(28,29)19-8-6-18(7-9-19)21(26)23-11-13-24(14-12-23)22(27)20-5-3-15-30-20/h3,5-9,15,17H,2,4,10-14,16H2,1H3. The van der Waals surface area contributed by atoms with Gasteiger partial charge >= 0.3 is 0 Å². The Hall–Kier alpha value is -2.65. The molecule has 3 heterocycles. The molecule has 0 bridgehead atoms. The monoisotopic (exact) mass is 445 g/mol. The summed E-state index contributed by atoms with van der Waals surface area (Å²) < 4.78 is 32.5. The third-order valence-corrected chi connectivity index (χ3v) is 7.82. The van der Waals surface area contributed by atoms with Gasteiger partial charge in [-0.2, -0.15) is 4.31 Å². The number of piperidine rings is 1. The highest BCUT2D eigenvalue weighted by Crippen LogP contribution is 2.24. The molecule has 1 aromatic heterocycles. The number of benzene rings is 1. The minimum Gasteiger partial charge on any atom is -0.459 e. The predicted octanol–water partition coefficient (Wildman–Crippen LogP) is 2.30. The lowest BCUT2D eigenvalue weighted by Crippen LogP contribution is -2.50. The second-order valence-corrected chi connectivity index (χ2v) is 10.1. The summed E-state index contributed by atoms with van der Waals surface area (Å²) in [7, 11) is -3.55. The highest BCUT2D eigenvalue weighted by molar-refractivity contribution is 7.89. The van der Waals surface area contributed by atoms with Gasteiger partial charge in [0.1, 0.15) is 0 Å². The van der Waals surface area contributed by atoms with E-state index in [0.29, 0.717) is 56.5 Å². The molecule has 1 unspecified atom stereocenters. The van der Waals surface area contributed by atoms with Gasteiger partial charge in [0.05, 0.1) is 11.2 Å². The SMILES string of the molecule is CC1CCCN(S(=O)(=O)c2ccc(C(=O)N3CCN(C(=O)c4ccco4)CC3)cc2)C1. The summed E-state index contributed by atoms with van der Waals surface area (Å²) in [4.78, 5) is 28.8. The van der Waals surface area contributed by atoms with E-state index < -0.39 is 10.0 Å². The quantitative estimate of drug-likeness (QED) is 0.720. The second-order valence-electron chi connectivity index (χ2n) is 8.20. The Balaban J connectivity index is 1.38. The molecule has 2 aliphatic rings. The molecular formula is C22H27N3O5S. The van der Waals surface area contributed by atoms with Crippen molar-refractivity contribution in [2.75, 3.05) is 39.3 Å². The molecule has 2 amide bonds. The van der Waals surface area contributed by atoms with E-state index in [1.165, 1.54) is 22.7 Å². The maximum Gasteiger partial charge on any atom is 0.289 e. The molecule has 0 spiro atoms. The van der Waals surface area contributed by atoms with E-state index in [4.69, 9.17) is 4.42 Å². The van der Waals surface area contributed by atoms with Crippen LogP contribution in [0.5, 0.6) is 0 Å². The fourth-order valence-corrected chi connectivity index (χ4v) is 5.73. The third kappa shape index (κ3) is 4.52. The fraction of sp³-hybridized carbons (Fsp3) is 0.455. The van der Waals surface area contributed by atoms with Crippen molar-refractivity contribution in [1.29, 1.82) is 0 Å². The number of carbonyl (C=O) groups is 2. The van der Waals surface area contributed by atoms with Crippen molar-refractivity contribution >= 4 is 21.8 Å². The number of hydrogen-bond donors (Lipinski definition) is 0. The Labute approximate surface area is 182 Å². The molecule has 8 nitrogen and oxygen atoms in total. The van der Waals surface area contributed by atoms with Crippen LogP contribution in [0.25, 0.3) is 0 Å². The van der Waals surface area contributed by atoms with Gasteiger partial charge in [0.25, 0.3) is 11.8 Å². The summed E-state index contributed by atoms with van der Waals surface area (Å²) in [5.41, 5.74) is 0.441. The average Bonchev–Trinajstić information content (AvgIpc) is 3.33. The zero-order chi connectivity index (χ0) is 22.0. The van der Waals surface area contributed by atoms with Gasteiger partial charge in [0, 0.05) is 44.8 Å². The lowest BCUT2D eigenvalue weighted by molar-refractivity contribution is 0.0518. The molecule has 2 fully saturated rings. The van der Waals surface area contributed by atoms with Gasteiger partial charge in [0.2, 0.25) is 10.0 Å². The first-order valence-corrected chi connectivity index (χ1v) is 12.0. The number of hydrogen-bond acceptors (Lipinski definition) is 5. The average molecular weight is 446 g/mol. The molecule has 2 aromatic rings. The topological polar surface area (TPSA) is 91.1 Å². The van der Waals surface area contributed by atoms with Crippen LogP contribution in [0.1, 0.15) is 40.7 Å². The fourth-order valence-electron chi connectivity index (χ4n) is 4.13.